The van der Waals surface area contributed by atoms with Gasteiger partial charge in [0.15, 0.2) is 0 Å². The van der Waals surface area contributed by atoms with E-state index in [4.69, 9.17) is 58.0 Å². The quantitative estimate of drug-likeness (QED) is 0.454. The van der Waals surface area contributed by atoms with Crippen LogP contribution in [0.5, 0.6) is 0 Å². The van der Waals surface area contributed by atoms with Crippen LogP contribution in [-0.4, -0.2) is 5.24 Å². The smallest absolute Gasteiger partial charge is 0.252 e. The highest BCUT2D eigenvalue weighted by Gasteiger charge is 2.13. The largest absolute Gasteiger partial charge is 0.276 e. The fraction of sp³-hybridized carbons (Fsp3) is 0. The summed E-state index contributed by atoms with van der Waals surface area (Å²) in [5.41, 5.74) is 1.52. The Labute approximate surface area is 135 Å². The van der Waals surface area contributed by atoms with Crippen molar-refractivity contribution in [1.29, 1.82) is 0 Å². The van der Waals surface area contributed by atoms with E-state index >= 15 is 0 Å². The van der Waals surface area contributed by atoms with Crippen molar-refractivity contribution < 1.29 is 4.79 Å². The maximum absolute atomic E-state index is 11.1. The number of benzene rings is 2. The predicted octanol–water partition coefficient (Wildman–Crippen LogP) is 6.35. The van der Waals surface area contributed by atoms with E-state index in [1.165, 1.54) is 6.07 Å². The van der Waals surface area contributed by atoms with Gasteiger partial charge < -0.3 is 0 Å². The van der Waals surface area contributed by atoms with E-state index in [0.717, 1.165) is 0 Å². The van der Waals surface area contributed by atoms with Gasteiger partial charge in [0, 0.05) is 26.7 Å². The summed E-state index contributed by atoms with van der Waals surface area (Å²) >= 11 is 29.6. The molecule has 6 heteroatoms. The zero-order valence-corrected chi connectivity index (χ0v) is 13.0. The van der Waals surface area contributed by atoms with Crippen molar-refractivity contribution in [3.05, 3.63) is 56.0 Å². The molecule has 1 nitrogen and oxygen atoms in total. The van der Waals surface area contributed by atoms with Crippen LogP contribution in [0.2, 0.25) is 20.1 Å². The molecule has 0 radical (unpaired) electrons. The number of halogens is 5. The summed E-state index contributed by atoms with van der Waals surface area (Å²) in [6.07, 6.45) is 0. The summed E-state index contributed by atoms with van der Waals surface area (Å²) in [4.78, 5) is 11.1. The van der Waals surface area contributed by atoms with Gasteiger partial charge in [-0.15, -0.1) is 0 Å². The standard InChI is InChI=1S/C13H5Cl5O/c14-7-4-9(12(17)11(16)5-7)8-2-1-6(13(18)19)3-10(8)15/h1-5H. The first kappa shape index (κ1) is 15.0. The zero-order chi connectivity index (χ0) is 14.2. The highest BCUT2D eigenvalue weighted by Crippen LogP contribution is 2.39. The Morgan fingerprint density at radius 1 is 0.842 bits per heavy atom. The van der Waals surface area contributed by atoms with Crippen molar-refractivity contribution in [3.63, 3.8) is 0 Å². The highest BCUT2D eigenvalue weighted by atomic mass is 35.5. The van der Waals surface area contributed by atoms with Crippen molar-refractivity contribution in [2.75, 3.05) is 0 Å². The van der Waals surface area contributed by atoms with E-state index in [9.17, 15) is 4.79 Å². The number of carbonyl (C=O) groups excluding carboxylic acids is 1. The molecule has 0 aromatic heterocycles. The van der Waals surface area contributed by atoms with Gasteiger partial charge >= 0.3 is 0 Å². The van der Waals surface area contributed by atoms with E-state index in [2.05, 4.69) is 0 Å². The zero-order valence-electron chi connectivity index (χ0n) is 9.18. The van der Waals surface area contributed by atoms with Gasteiger partial charge in [-0.3, -0.25) is 4.79 Å². The molecule has 0 aliphatic carbocycles. The van der Waals surface area contributed by atoms with Crippen LogP contribution < -0.4 is 0 Å². The maximum Gasteiger partial charge on any atom is 0.252 e. The van der Waals surface area contributed by atoms with Gasteiger partial charge in [0.05, 0.1) is 10.0 Å². The first-order chi connectivity index (χ1) is 8.90. The van der Waals surface area contributed by atoms with Crippen LogP contribution in [0.4, 0.5) is 0 Å². The number of hydrogen-bond acceptors (Lipinski definition) is 1. The molecule has 0 atom stereocenters. The van der Waals surface area contributed by atoms with E-state index in [1.54, 1.807) is 24.3 Å². The summed E-state index contributed by atoms with van der Waals surface area (Å²) in [5.74, 6) is 0. The molecule has 0 N–H and O–H groups in total. The Balaban J connectivity index is 2.63. The molecule has 19 heavy (non-hydrogen) atoms. The van der Waals surface area contributed by atoms with Gasteiger partial charge in [-0.2, -0.15) is 0 Å². The average molecular weight is 354 g/mol. The summed E-state index contributed by atoms with van der Waals surface area (Å²) in [6, 6.07) is 7.86. The van der Waals surface area contributed by atoms with Crippen LogP contribution >= 0.6 is 58.0 Å². The minimum Gasteiger partial charge on any atom is -0.276 e. The molecule has 0 spiro atoms. The molecule has 2 aromatic carbocycles. The van der Waals surface area contributed by atoms with Crippen LogP contribution in [0.1, 0.15) is 10.4 Å². The number of rotatable bonds is 2. The molecule has 0 amide bonds. The Morgan fingerprint density at radius 2 is 1.53 bits per heavy atom. The molecule has 0 fully saturated rings. The van der Waals surface area contributed by atoms with Crippen molar-refractivity contribution in [1.82, 2.24) is 0 Å². The van der Waals surface area contributed by atoms with Crippen molar-refractivity contribution in [3.8, 4) is 11.1 Å². The molecule has 0 saturated heterocycles. The van der Waals surface area contributed by atoms with E-state index in [0.29, 0.717) is 36.8 Å². The lowest BCUT2D eigenvalue weighted by Crippen LogP contribution is -1.90. The monoisotopic (exact) mass is 352 g/mol. The SMILES string of the molecule is O=C(Cl)c1ccc(-c2cc(Cl)cc(Cl)c2Cl)c(Cl)c1. The number of carbonyl (C=O) groups is 1. The fourth-order valence-corrected chi connectivity index (χ4v) is 2.71. The second kappa shape index (κ2) is 5.90. The molecule has 0 saturated carbocycles. The lowest BCUT2D eigenvalue weighted by Gasteiger charge is -2.09. The summed E-state index contributed by atoms with van der Waals surface area (Å²) < 4.78 is 0. The average Bonchev–Trinajstić information content (AvgIpc) is 2.33. The summed E-state index contributed by atoms with van der Waals surface area (Å²) in [7, 11) is 0. The van der Waals surface area contributed by atoms with Gasteiger partial charge in [0.2, 0.25) is 0 Å². The van der Waals surface area contributed by atoms with Gasteiger partial charge in [-0.05, 0) is 35.9 Å². The molecule has 0 heterocycles. The molecule has 0 bridgehead atoms. The third-order valence-electron chi connectivity index (χ3n) is 2.48. The van der Waals surface area contributed by atoms with Gasteiger partial charge in [-0.25, -0.2) is 0 Å². The Hall–Kier alpha value is -0.440. The molecule has 0 unspecified atom stereocenters. The lowest BCUT2D eigenvalue weighted by molar-refractivity contribution is 0.108. The van der Waals surface area contributed by atoms with Crippen LogP contribution in [-0.2, 0) is 0 Å². The highest BCUT2D eigenvalue weighted by molar-refractivity contribution is 6.67. The van der Waals surface area contributed by atoms with E-state index < -0.39 is 5.24 Å². The summed E-state index contributed by atoms with van der Waals surface area (Å²) in [6.45, 7) is 0. The van der Waals surface area contributed by atoms with E-state index in [1.807, 2.05) is 0 Å². The van der Waals surface area contributed by atoms with E-state index in [-0.39, 0.29) is 0 Å². The third-order valence-corrected chi connectivity index (χ3v) is 4.03. The fourth-order valence-electron chi connectivity index (χ4n) is 1.61. The normalized spacial score (nSPS) is 10.6. The second-order valence-electron chi connectivity index (χ2n) is 3.72. The minimum absolute atomic E-state index is 0.305. The molecule has 0 aliphatic heterocycles. The molecule has 0 aliphatic rings. The maximum atomic E-state index is 11.1. The lowest BCUT2D eigenvalue weighted by atomic mass is 10.0. The van der Waals surface area contributed by atoms with Crippen molar-refractivity contribution >= 4 is 63.2 Å². The van der Waals surface area contributed by atoms with Crippen molar-refractivity contribution in [2.45, 2.75) is 0 Å². The third kappa shape index (κ3) is 3.18. The Kier molecular flexibility index (Phi) is 4.65. The Bertz CT molecular complexity index is 666. The molecular weight excluding hydrogens is 349 g/mol. The van der Waals surface area contributed by atoms with Crippen LogP contribution in [0.25, 0.3) is 11.1 Å². The topological polar surface area (TPSA) is 17.1 Å². The Morgan fingerprint density at radius 3 is 2.11 bits per heavy atom. The van der Waals surface area contributed by atoms with Gasteiger partial charge in [0.25, 0.3) is 5.24 Å². The van der Waals surface area contributed by atoms with Crippen LogP contribution in [0, 0.1) is 0 Å². The second-order valence-corrected chi connectivity index (χ2v) is 5.69. The van der Waals surface area contributed by atoms with Gasteiger partial charge in [0.1, 0.15) is 0 Å². The van der Waals surface area contributed by atoms with Crippen LogP contribution in [0.3, 0.4) is 0 Å². The number of hydrogen-bond donors (Lipinski definition) is 0. The first-order valence-corrected chi connectivity index (χ1v) is 6.93. The molecule has 98 valence electrons. The predicted molar refractivity (Wildman–Crippen MR) is 82.1 cm³/mol. The molecule has 2 aromatic rings. The van der Waals surface area contributed by atoms with Gasteiger partial charge in [-0.1, -0.05) is 52.5 Å². The summed E-state index contributed by atoms with van der Waals surface area (Å²) in [5, 5.41) is 0.879. The van der Waals surface area contributed by atoms with Crippen LogP contribution in [0.15, 0.2) is 30.3 Å². The minimum atomic E-state index is -0.580. The van der Waals surface area contributed by atoms with Crippen molar-refractivity contribution in [2.24, 2.45) is 0 Å². The molecular formula is C13H5Cl5O. The first-order valence-electron chi connectivity index (χ1n) is 5.04. The molecule has 2 rings (SSSR count).